The first-order valence-corrected chi connectivity index (χ1v) is 10.9. The van der Waals surface area contributed by atoms with E-state index >= 15 is 0 Å². The summed E-state index contributed by atoms with van der Waals surface area (Å²) in [6.07, 6.45) is 3.11. The van der Waals surface area contributed by atoms with Gasteiger partial charge in [-0.05, 0) is 29.8 Å². The Hall–Kier alpha value is -2.97. The molecule has 29 heavy (non-hydrogen) atoms. The Kier molecular flexibility index (Phi) is 6.46. The second kappa shape index (κ2) is 9.02. The van der Waals surface area contributed by atoms with E-state index in [-0.39, 0.29) is 17.3 Å². The third-order valence-electron chi connectivity index (χ3n) is 4.63. The zero-order valence-electron chi connectivity index (χ0n) is 16.4. The van der Waals surface area contributed by atoms with Crippen LogP contribution < -0.4 is 5.32 Å². The van der Waals surface area contributed by atoms with E-state index in [0.717, 1.165) is 11.3 Å². The van der Waals surface area contributed by atoms with Crippen molar-refractivity contribution < 1.29 is 13.2 Å². The Morgan fingerprint density at radius 3 is 2.31 bits per heavy atom. The number of imidazole rings is 1. The van der Waals surface area contributed by atoms with Crippen molar-refractivity contribution in [2.24, 2.45) is 0 Å². The van der Waals surface area contributed by atoms with Crippen molar-refractivity contribution in [3.05, 3.63) is 78.4 Å². The molecule has 3 rings (SSSR count). The molecule has 1 aromatic heterocycles. The minimum absolute atomic E-state index is 0.249. The van der Waals surface area contributed by atoms with Crippen molar-refractivity contribution in [2.45, 2.75) is 25.3 Å². The molecule has 7 nitrogen and oxygen atoms in total. The Balaban J connectivity index is 1.69. The lowest BCUT2D eigenvalue weighted by Crippen LogP contribution is -2.30. The van der Waals surface area contributed by atoms with Gasteiger partial charge in [-0.1, -0.05) is 44.2 Å². The second-order valence-corrected chi connectivity index (χ2v) is 8.34. The fourth-order valence-corrected chi connectivity index (χ4v) is 4.48. The summed E-state index contributed by atoms with van der Waals surface area (Å²) in [5.74, 6) is -0.258. The first-order valence-electron chi connectivity index (χ1n) is 9.42. The third-order valence-corrected chi connectivity index (χ3v) is 6.69. The molecule has 0 saturated heterocycles. The lowest BCUT2D eigenvalue weighted by molar-refractivity contribution is 0.0944. The Labute approximate surface area is 171 Å². The van der Waals surface area contributed by atoms with Gasteiger partial charge in [0.1, 0.15) is 5.69 Å². The number of hydrogen-bond donors (Lipinski definition) is 1. The number of aromatic nitrogens is 2. The first-order chi connectivity index (χ1) is 14.0. The minimum atomic E-state index is -3.49. The quantitative estimate of drug-likeness (QED) is 0.617. The standard InChI is InChI=1S/C21H24N4O3S/c1-3-24(4-2)29(27,28)19-12-10-17(11-13-19)14-23-21(26)20-15-22-16-25(20)18-8-6-5-7-9-18/h5-13,15-16H,3-4,14H2,1-2H3,(H,23,26). The number of hydrogen-bond acceptors (Lipinski definition) is 4. The molecule has 1 heterocycles. The zero-order chi connectivity index (χ0) is 20.9. The van der Waals surface area contributed by atoms with Gasteiger partial charge in [0.25, 0.3) is 5.91 Å². The van der Waals surface area contributed by atoms with Gasteiger partial charge in [-0.3, -0.25) is 9.36 Å². The largest absolute Gasteiger partial charge is 0.347 e. The molecule has 0 aliphatic rings. The van der Waals surface area contributed by atoms with Crippen molar-refractivity contribution in [1.82, 2.24) is 19.2 Å². The molecule has 0 saturated carbocycles. The molecular weight excluding hydrogens is 388 g/mol. The average molecular weight is 413 g/mol. The van der Waals surface area contributed by atoms with Gasteiger partial charge in [0.2, 0.25) is 10.0 Å². The molecule has 0 unspecified atom stereocenters. The number of carbonyl (C=O) groups excluding carboxylic acids is 1. The van der Waals surface area contributed by atoms with E-state index in [4.69, 9.17) is 0 Å². The first kappa shape index (κ1) is 20.8. The highest BCUT2D eigenvalue weighted by atomic mass is 32.2. The Morgan fingerprint density at radius 2 is 1.69 bits per heavy atom. The van der Waals surface area contributed by atoms with E-state index in [1.807, 2.05) is 44.2 Å². The highest BCUT2D eigenvalue weighted by molar-refractivity contribution is 7.89. The zero-order valence-corrected chi connectivity index (χ0v) is 17.3. The molecule has 152 valence electrons. The van der Waals surface area contributed by atoms with Crippen LogP contribution in [-0.4, -0.2) is 41.3 Å². The Bertz CT molecular complexity index is 1060. The summed E-state index contributed by atoms with van der Waals surface area (Å²) < 4.78 is 28.2. The summed E-state index contributed by atoms with van der Waals surface area (Å²) in [5, 5.41) is 2.86. The lowest BCUT2D eigenvalue weighted by atomic mass is 10.2. The predicted octanol–water partition coefficient (Wildman–Crippen LogP) is 2.83. The van der Waals surface area contributed by atoms with E-state index in [1.165, 1.54) is 10.5 Å². The molecule has 3 aromatic rings. The maximum Gasteiger partial charge on any atom is 0.270 e. The summed E-state index contributed by atoms with van der Waals surface area (Å²) >= 11 is 0. The number of carbonyl (C=O) groups is 1. The summed E-state index contributed by atoms with van der Waals surface area (Å²) in [6, 6.07) is 16.1. The monoisotopic (exact) mass is 412 g/mol. The molecular formula is C21H24N4O3S. The summed E-state index contributed by atoms with van der Waals surface area (Å²) in [4.78, 5) is 16.9. The van der Waals surface area contributed by atoms with Crippen LogP contribution >= 0.6 is 0 Å². The van der Waals surface area contributed by atoms with Crippen molar-refractivity contribution in [1.29, 1.82) is 0 Å². The molecule has 0 atom stereocenters. The van der Waals surface area contributed by atoms with Crippen LogP contribution in [0, 0.1) is 0 Å². The van der Waals surface area contributed by atoms with Gasteiger partial charge in [-0.15, -0.1) is 0 Å². The van der Waals surface area contributed by atoms with Crippen LogP contribution in [0.3, 0.4) is 0 Å². The minimum Gasteiger partial charge on any atom is -0.347 e. The second-order valence-electron chi connectivity index (χ2n) is 6.40. The smallest absolute Gasteiger partial charge is 0.270 e. The highest BCUT2D eigenvalue weighted by Gasteiger charge is 2.21. The fourth-order valence-electron chi connectivity index (χ4n) is 3.02. The molecule has 0 spiro atoms. The van der Waals surface area contributed by atoms with Crippen LogP contribution in [0.2, 0.25) is 0 Å². The molecule has 8 heteroatoms. The van der Waals surface area contributed by atoms with E-state index in [1.54, 1.807) is 35.2 Å². The van der Waals surface area contributed by atoms with Gasteiger partial charge in [0, 0.05) is 25.3 Å². The van der Waals surface area contributed by atoms with Gasteiger partial charge in [-0.25, -0.2) is 13.4 Å². The van der Waals surface area contributed by atoms with Crippen LogP contribution in [0.4, 0.5) is 0 Å². The third kappa shape index (κ3) is 4.55. The van der Waals surface area contributed by atoms with E-state index in [9.17, 15) is 13.2 Å². The van der Waals surface area contributed by atoms with E-state index < -0.39 is 10.0 Å². The molecule has 2 aromatic carbocycles. The number of sulfonamides is 1. The number of amides is 1. The number of benzene rings is 2. The van der Waals surface area contributed by atoms with Crippen molar-refractivity contribution in [3.8, 4) is 5.69 Å². The van der Waals surface area contributed by atoms with Gasteiger partial charge < -0.3 is 5.32 Å². The van der Waals surface area contributed by atoms with Gasteiger partial charge in [-0.2, -0.15) is 4.31 Å². The highest BCUT2D eigenvalue weighted by Crippen LogP contribution is 2.16. The number of para-hydroxylation sites is 1. The number of nitrogens with one attached hydrogen (secondary N) is 1. The predicted molar refractivity (Wildman–Crippen MR) is 111 cm³/mol. The van der Waals surface area contributed by atoms with Crippen molar-refractivity contribution in [3.63, 3.8) is 0 Å². The van der Waals surface area contributed by atoms with E-state index in [2.05, 4.69) is 10.3 Å². The summed E-state index contributed by atoms with van der Waals surface area (Å²) in [6.45, 7) is 4.75. The van der Waals surface area contributed by atoms with Crippen LogP contribution in [0.1, 0.15) is 29.9 Å². The maximum atomic E-state index is 12.6. The van der Waals surface area contributed by atoms with Crippen LogP contribution in [0.25, 0.3) is 5.69 Å². The van der Waals surface area contributed by atoms with Gasteiger partial charge in [0.15, 0.2) is 0 Å². The molecule has 0 aliphatic heterocycles. The van der Waals surface area contributed by atoms with Crippen molar-refractivity contribution in [2.75, 3.05) is 13.1 Å². The maximum absolute atomic E-state index is 12.6. The molecule has 0 fully saturated rings. The SMILES string of the molecule is CCN(CC)S(=O)(=O)c1ccc(CNC(=O)c2cncn2-c2ccccc2)cc1. The molecule has 0 bridgehead atoms. The fraction of sp³-hybridized carbons (Fsp3) is 0.238. The topological polar surface area (TPSA) is 84.3 Å². The van der Waals surface area contributed by atoms with Crippen LogP contribution in [0.15, 0.2) is 72.0 Å². The average Bonchev–Trinajstić information content (AvgIpc) is 3.24. The van der Waals surface area contributed by atoms with E-state index in [0.29, 0.717) is 18.8 Å². The molecule has 0 aliphatic carbocycles. The molecule has 1 amide bonds. The normalized spacial score (nSPS) is 11.6. The summed E-state index contributed by atoms with van der Waals surface area (Å²) in [7, 11) is -3.49. The van der Waals surface area contributed by atoms with Crippen LogP contribution in [0.5, 0.6) is 0 Å². The molecule has 1 N–H and O–H groups in total. The molecule has 0 radical (unpaired) electrons. The lowest BCUT2D eigenvalue weighted by Gasteiger charge is -2.18. The van der Waals surface area contributed by atoms with Gasteiger partial charge >= 0.3 is 0 Å². The van der Waals surface area contributed by atoms with Crippen molar-refractivity contribution >= 4 is 15.9 Å². The van der Waals surface area contributed by atoms with Crippen LogP contribution in [-0.2, 0) is 16.6 Å². The number of nitrogens with zero attached hydrogens (tertiary/aromatic N) is 3. The number of rotatable bonds is 8. The van der Waals surface area contributed by atoms with Gasteiger partial charge in [0.05, 0.1) is 17.4 Å². The summed E-state index contributed by atoms with van der Waals surface area (Å²) in [5.41, 5.74) is 2.08. The Morgan fingerprint density at radius 1 is 1.03 bits per heavy atom.